The predicted molar refractivity (Wildman–Crippen MR) is 55.0 cm³/mol. The van der Waals surface area contributed by atoms with E-state index in [1.807, 2.05) is 0 Å². The molecule has 1 aromatic heterocycles. The van der Waals surface area contributed by atoms with Crippen LogP contribution < -0.4 is 0 Å². The van der Waals surface area contributed by atoms with Crippen LogP contribution in [0, 0.1) is 6.92 Å². The van der Waals surface area contributed by atoms with Crippen LogP contribution in [-0.2, 0) is 6.18 Å². The van der Waals surface area contributed by atoms with Crippen molar-refractivity contribution in [1.82, 2.24) is 4.98 Å². The lowest BCUT2D eigenvalue weighted by Crippen LogP contribution is -2.04. The lowest BCUT2D eigenvalue weighted by Gasteiger charge is -2.00. The Hall–Kier alpha value is -2.18. The molecule has 0 unspecified atom stereocenters. The summed E-state index contributed by atoms with van der Waals surface area (Å²) in [5.41, 5.74) is 0.194. The molecule has 0 fully saturated rings. The van der Waals surface area contributed by atoms with Gasteiger partial charge in [-0.05, 0) is 25.1 Å². The van der Waals surface area contributed by atoms with Gasteiger partial charge in [-0.1, -0.05) is 0 Å². The average Bonchev–Trinajstić information content (AvgIpc) is 2.64. The summed E-state index contributed by atoms with van der Waals surface area (Å²) in [6.07, 6.45) is -4.66. The number of alkyl halides is 3. The van der Waals surface area contributed by atoms with Crippen molar-refractivity contribution in [3.05, 3.63) is 29.9 Å². The number of rotatable bonds is 1. The van der Waals surface area contributed by atoms with Crippen molar-refractivity contribution in [3.63, 3.8) is 0 Å². The zero-order valence-electron chi connectivity index (χ0n) is 9.12. The van der Waals surface area contributed by atoms with Crippen LogP contribution in [0.3, 0.4) is 0 Å². The molecule has 0 amide bonds. The van der Waals surface area contributed by atoms with Crippen molar-refractivity contribution in [3.8, 4) is 22.8 Å². The van der Waals surface area contributed by atoms with E-state index in [1.54, 1.807) is 0 Å². The minimum absolute atomic E-state index is 0.0209. The lowest BCUT2D eigenvalue weighted by molar-refractivity contribution is -0.157. The van der Waals surface area contributed by atoms with E-state index in [2.05, 4.69) is 9.40 Å². The smallest absolute Gasteiger partial charge is 0.468 e. The lowest BCUT2D eigenvalue weighted by atomic mass is 10.1. The molecule has 2 rings (SSSR count). The third kappa shape index (κ3) is 2.11. The quantitative estimate of drug-likeness (QED) is 0.772. The van der Waals surface area contributed by atoms with Crippen molar-refractivity contribution in [1.29, 1.82) is 0 Å². The van der Waals surface area contributed by atoms with E-state index in [9.17, 15) is 18.3 Å². The molecule has 4 nitrogen and oxygen atoms in total. The van der Waals surface area contributed by atoms with E-state index >= 15 is 0 Å². The third-order valence-electron chi connectivity index (χ3n) is 2.29. The molecule has 0 aliphatic rings. The molecule has 0 atom stereocenters. The van der Waals surface area contributed by atoms with Gasteiger partial charge in [-0.15, -0.1) is 0 Å². The Kier molecular flexibility index (Phi) is 2.68. The van der Waals surface area contributed by atoms with Gasteiger partial charge in [-0.25, -0.2) is 4.98 Å². The van der Waals surface area contributed by atoms with Crippen LogP contribution in [0.25, 0.3) is 11.3 Å². The van der Waals surface area contributed by atoms with Crippen molar-refractivity contribution >= 4 is 0 Å². The van der Waals surface area contributed by atoms with Gasteiger partial charge >= 0.3 is 12.1 Å². The minimum atomic E-state index is -4.66. The molecule has 0 aliphatic carbocycles. The van der Waals surface area contributed by atoms with E-state index in [0.717, 1.165) is 12.1 Å². The number of hydrogen-bond donors (Lipinski definition) is 2. The van der Waals surface area contributed by atoms with Crippen LogP contribution in [0.5, 0.6) is 11.5 Å². The number of aryl methyl sites for hydroxylation is 1. The molecule has 0 saturated carbocycles. The van der Waals surface area contributed by atoms with Gasteiger partial charge < -0.3 is 14.6 Å². The monoisotopic (exact) mass is 259 g/mol. The fourth-order valence-corrected chi connectivity index (χ4v) is 1.46. The van der Waals surface area contributed by atoms with Gasteiger partial charge in [-0.2, -0.15) is 13.2 Å². The molecule has 18 heavy (non-hydrogen) atoms. The third-order valence-corrected chi connectivity index (χ3v) is 2.29. The van der Waals surface area contributed by atoms with Gasteiger partial charge in [0, 0.05) is 5.56 Å². The molecule has 0 spiro atoms. The van der Waals surface area contributed by atoms with E-state index in [1.165, 1.54) is 13.0 Å². The number of halogens is 3. The van der Waals surface area contributed by atoms with Gasteiger partial charge in [0.15, 0.2) is 11.5 Å². The molecule has 2 aromatic rings. The van der Waals surface area contributed by atoms with E-state index in [-0.39, 0.29) is 22.8 Å². The summed E-state index contributed by atoms with van der Waals surface area (Å²) >= 11 is 0. The maximum Gasteiger partial charge on any atom is 0.468 e. The van der Waals surface area contributed by atoms with Gasteiger partial charge in [0.05, 0.1) is 0 Å². The zero-order valence-corrected chi connectivity index (χ0v) is 9.12. The fourth-order valence-electron chi connectivity index (χ4n) is 1.46. The van der Waals surface area contributed by atoms with Crippen LogP contribution in [0.2, 0.25) is 0 Å². The SMILES string of the molecule is Cc1oc(C(F)(F)F)nc1-c1ccc(O)c(O)c1. The fraction of sp³-hybridized carbons (Fsp3) is 0.182. The molecule has 1 heterocycles. The highest BCUT2D eigenvalue weighted by atomic mass is 19.4. The zero-order chi connectivity index (χ0) is 13.5. The molecule has 0 saturated heterocycles. The Morgan fingerprint density at radius 1 is 1.17 bits per heavy atom. The Morgan fingerprint density at radius 2 is 1.83 bits per heavy atom. The Balaban J connectivity index is 2.51. The molecule has 2 N–H and O–H groups in total. The first-order valence-corrected chi connectivity index (χ1v) is 4.86. The Labute approximate surface area is 99.3 Å². The predicted octanol–water partition coefficient (Wildman–Crippen LogP) is 3.08. The molecule has 96 valence electrons. The normalized spacial score (nSPS) is 11.8. The van der Waals surface area contributed by atoms with Crippen LogP contribution in [0.4, 0.5) is 13.2 Å². The van der Waals surface area contributed by atoms with Crippen molar-refractivity contribution in [2.24, 2.45) is 0 Å². The van der Waals surface area contributed by atoms with Gasteiger partial charge in [0.2, 0.25) is 0 Å². The summed E-state index contributed by atoms with van der Waals surface area (Å²) in [4.78, 5) is 3.34. The second kappa shape index (κ2) is 3.94. The first-order chi connectivity index (χ1) is 8.29. The summed E-state index contributed by atoms with van der Waals surface area (Å²) in [5, 5.41) is 18.4. The highest BCUT2D eigenvalue weighted by molar-refractivity contribution is 5.65. The Bertz CT molecular complexity index is 590. The first kappa shape index (κ1) is 12.3. The van der Waals surface area contributed by atoms with Crippen molar-refractivity contribution < 1.29 is 27.8 Å². The number of benzene rings is 1. The second-order valence-electron chi connectivity index (χ2n) is 3.63. The van der Waals surface area contributed by atoms with Gasteiger partial charge in [0.25, 0.3) is 0 Å². The molecule has 0 bridgehead atoms. The number of nitrogens with zero attached hydrogens (tertiary/aromatic N) is 1. The highest BCUT2D eigenvalue weighted by Gasteiger charge is 2.38. The summed E-state index contributed by atoms with van der Waals surface area (Å²) < 4.78 is 41.7. The standard InChI is InChI=1S/C11H8F3NO3/c1-5-9(15-10(18-5)11(12,13)14)6-2-3-7(16)8(17)4-6/h2-4,16-17H,1H3. The first-order valence-electron chi connectivity index (χ1n) is 4.86. The molecule has 0 aliphatic heterocycles. The maximum atomic E-state index is 12.4. The topological polar surface area (TPSA) is 66.5 Å². The molecule has 0 radical (unpaired) electrons. The minimum Gasteiger partial charge on any atom is -0.504 e. The number of aromatic hydroxyl groups is 2. The van der Waals surface area contributed by atoms with Crippen molar-refractivity contribution in [2.45, 2.75) is 13.1 Å². The summed E-state index contributed by atoms with van der Waals surface area (Å²) in [5.74, 6) is -2.17. The van der Waals surface area contributed by atoms with Crippen LogP contribution in [0.1, 0.15) is 11.7 Å². The molecule has 7 heteroatoms. The maximum absolute atomic E-state index is 12.4. The van der Waals surface area contributed by atoms with Crippen molar-refractivity contribution in [2.75, 3.05) is 0 Å². The van der Waals surface area contributed by atoms with Crippen LogP contribution in [-0.4, -0.2) is 15.2 Å². The number of phenolic OH excluding ortho intramolecular Hbond substituents is 2. The van der Waals surface area contributed by atoms with Gasteiger partial charge in [0.1, 0.15) is 11.5 Å². The Morgan fingerprint density at radius 3 is 2.33 bits per heavy atom. The molecule has 1 aromatic carbocycles. The van der Waals surface area contributed by atoms with E-state index in [4.69, 9.17) is 5.11 Å². The number of phenols is 2. The van der Waals surface area contributed by atoms with Gasteiger partial charge in [-0.3, -0.25) is 0 Å². The van der Waals surface area contributed by atoms with E-state index in [0.29, 0.717) is 0 Å². The highest BCUT2D eigenvalue weighted by Crippen LogP contribution is 2.35. The largest absolute Gasteiger partial charge is 0.504 e. The number of oxazole rings is 1. The molecular formula is C11H8F3NO3. The summed E-state index contributed by atoms with van der Waals surface area (Å²) in [7, 11) is 0. The number of aromatic nitrogens is 1. The summed E-state index contributed by atoms with van der Waals surface area (Å²) in [6, 6.07) is 3.60. The van der Waals surface area contributed by atoms with E-state index < -0.39 is 17.8 Å². The average molecular weight is 259 g/mol. The second-order valence-corrected chi connectivity index (χ2v) is 3.63. The van der Waals surface area contributed by atoms with Crippen LogP contribution >= 0.6 is 0 Å². The summed E-state index contributed by atoms with van der Waals surface area (Å²) in [6.45, 7) is 1.33. The van der Waals surface area contributed by atoms with Crippen LogP contribution in [0.15, 0.2) is 22.6 Å². The number of hydrogen-bond acceptors (Lipinski definition) is 4. The molecular weight excluding hydrogens is 251 g/mol.